The van der Waals surface area contributed by atoms with Gasteiger partial charge in [0.15, 0.2) is 0 Å². The van der Waals surface area contributed by atoms with Crippen molar-refractivity contribution >= 4 is 33.6 Å². The van der Waals surface area contributed by atoms with Gasteiger partial charge in [-0.25, -0.2) is 0 Å². The van der Waals surface area contributed by atoms with Crippen molar-refractivity contribution in [1.29, 1.82) is 0 Å². The van der Waals surface area contributed by atoms with Gasteiger partial charge in [-0.3, -0.25) is 4.79 Å². The van der Waals surface area contributed by atoms with Crippen molar-refractivity contribution < 1.29 is 4.79 Å². The normalized spacial score (nSPS) is 13.2. The Bertz CT molecular complexity index is 400. The predicted octanol–water partition coefficient (Wildman–Crippen LogP) is 2.78. The van der Waals surface area contributed by atoms with Crippen LogP contribution >= 0.6 is 27.7 Å². The zero-order valence-corrected chi connectivity index (χ0v) is 13.3. The molecule has 0 saturated heterocycles. The van der Waals surface area contributed by atoms with Crippen LogP contribution in [0.3, 0.4) is 0 Å². The minimum Gasteiger partial charge on any atom is -0.353 e. The Morgan fingerprint density at radius 1 is 1.44 bits per heavy atom. The first-order chi connectivity index (χ1) is 8.28. The quantitative estimate of drug-likeness (QED) is 0.816. The van der Waals surface area contributed by atoms with Crippen LogP contribution in [0, 0.1) is 0 Å². The molecule has 0 radical (unpaired) electrons. The van der Waals surface area contributed by atoms with Crippen LogP contribution in [0.5, 0.6) is 0 Å². The number of nitrogens with one attached hydrogen (secondary N) is 1. The summed E-state index contributed by atoms with van der Waals surface area (Å²) in [6.07, 6.45) is 0. The van der Waals surface area contributed by atoms with E-state index in [0.29, 0.717) is 6.54 Å². The van der Waals surface area contributed by atoms with Crippen molar-refractivity contribution in [2.75, 3.05) is 6.54 Å². The lowest BCUT2D eigenvalue weighted by atomic mass is 10.1. The van der Waals surface area contributed by atoms with Gasteiger partial charge >= 0.3 is 0 Å². The standard InChI is InChI=1S/C13H19BrN2OS/c1-9(12(17)16-8-13(2,3)15)18-11-6-4-10(14)5-7-11/h4-7,9H,8,15H2,1-3H3,(H,16,17). The Hall–Kier alpha value is -0.520. The van der Waals surface area contributed by atoms with E-state index < -0.39 is 0 Å². The van der Waals surface area contributed by atoms with Crippen LogP contribution in [0.4, 0.5) is 0 Å². The molecule has 1 aromatic carbocycles. The summed E-state index contributed by atoms with van der Waals surface area (Å²) < 4.78 is 1.04. The molecule has 0 heterocycles. The van der Waals surface area contributed by atoms with E-state index in [-0.39, 0.29) is 16.7 Å². The fraction of sp³-hybridized carbons (Fsp3) is 0.462. The van der Waals surface area contributed by atoms with E-state index in [1.54, 1.807) is 0 Å². The maximum atomic E-state index is 11.9. The molecule has 1 rings (SSSR count). The molecular formula is C13H19BrN2OS. The maximum Gasteiger partial charge on any atom is 0.233 e. The van der Waals surface area contributed by atoms with Crippen molar-refractivity contribution in [2.45, 2.75) is 36.5 Å². The van der Waals surface area contributed by atoms with Crippen molar-refractivity contribution in [3.8, 4) is 0 Å². The number of hydrogen-bond donors (Lipinski definition) is 2. The molecule has 0 aliphatic rings. The van der Waals surface area contributed by atoms with Crippen LogP contribution in [0.15, 0.2) is 33.6 Å². The number of rotatable bonds is 5. The average Bonchev–Trinajstić information content (AvgIpc) is 2.28. The molecule has 1 aromatic rings. The molecule has 100 valence electrons. The van der Waals surface area contributed by atoms with Crippen LogP contribution in [-0.4, -0.2) is 23.2 Å². The van der Waals surface area contributed by atoms with Gasteiger partial charge in [0.2, 0.25) is 5.91 Å². The summed E-state index contributed by atoms with van der Waals surface area (Å²) in [5.74, 6) is 0.0152. The molecule has 3 nitrogen and oxygen atoms in total. The van der Waals surface area contributed by atoms with Crippen LogP contribution in [-0.2, 0) is 4.79 Å². The second-order valence-corrected chi connectivity index (χ2v) is 7.25. The molecule has 0 fully saturated rings. The van der Waals surface area contributed by atoms with Gasteiger partial charge in [-0.1, -0.05) is 15.9 Å². The zero-order chi connectivity index (χ0) is 13.8. The molecular weight excluding hydrogens is 312 g/mol. The van der Waals surface area contributed by atoms with Crippen LogP contribution < -0.4 is 11.1 Å². The van der Waals surface area contributed by atoms with Gasteiger partial charge in [0.25, 0.3) is 0 Å². The highest BCUT2D eigenvalue weighted by Crippen LogP contribution is 2.24. The highest BCUT2D eigenvalue weighted by atomic mass is 79.9. The summed E-state index contributed by atoms with van der Waals surface area (Å²) >= 11 is 4.92. The van der Waals surface area contributed by atoms with Gasteiger partial charge in [0.05, 0.1) is 5.25 Å². The number of carbonyl (C=O) groups excluding carboxylic acids is 1. The summed E-state index contributed by atoms with van der Waals surface area (Å²) in [6.45, 7) is 6.16. The number of halogens is 1. The first-order valence-electron chi connectivity index (χ1n) is 5.77. The van der Waals surface area contributed by atoms with Crippen molar-refractivity contribution in [1.82, 2.24) is 5.32 Å². The number of amides is 1. The minimum atomic E-state index is -0.377. The number of benzene rings is 1. The number of thioether (sulfide) groups is 1. The topological polar surface area (TPSA) is 55.1 Å². The van der Waals surface area contributed by atoms with E-state index in [9.17, 15) is 4.79 Å². The highest BCUT2D eigenvalue weighted by molar-refractivity contribution is 9.10. The van der Waals surface area contributed by atoms with Gasteiger partial charge < -0.3 is 11.1 Å². The summed E-state index contributed by atoms with van der Waals surface area (Å²) in [4.78, 5) is 12.9. The summed E-state index contributed by atoms with van der Waals surface area (Å²) in [7, 11) is 0. The third kappa shape index (κ3) is 5.89. The average molecular weight is 331 g/mol. The van der Waals surface area contributed by atoms with Gasteiger partial charge in [-0.15, -0.1) is 11.8 Å². The molecule has 0 saturated carbocycles. The van der Waals surface area contributed by atoms with E-state index in [2.05, 4.69) is 21.2 Å². The molecule has 1 atom stereocenters. The molecule has 1 unspecified atom stereocenters. The lowest BCUT2D eigenvalue weighted by Gasteiger charge is -2.20. The molecule has 0 bridgehead atoms. The van der Waals surface area contributed by atoms with Crippen molar-refractivity contribution in [2.24, 2.45) is 5.73 Å². The van der Waals surface area contributed by atoms with Gasteiger partial charge in [0, 0.05) is 21.5 Å². The monoisotopic (exact) mass is 330 g/mol. The molecule has 0 aliphatic carbocycles. The maximum absolute atomic E-state index is 11.9. The van der Waals surface area contributed by atoms with Gasteiger partial charge in [0.1, 0.15) is 0 Å². The van der Waals surface area contributed by atoms with Crippen LogP contribution in [0.1, 0.15) is 20.8 Å². The zero-order valence-electron chi connectivity index (χ0n) is 10.9. The van der Waals surface area contributed by atoms with E-state index >= 15 is 0 Å². The van der Waals surface area contributed by atoms with Crippen LogP contribution in [0.25, 0.3) is 0 Å². The number of carbonyl (C=O) groups is 1. The Balaban J connectivity index is 2.47. The summed E-state index contributed by atoms with van der Waals surface area (Å²) in [6, 6.07) is 7.92. The lowest BCUT2D eigenvalue weighted by molar-refractivity contribution is -0.120. The number of hydrogen-bond acceptors (Lipinski definition) is 3. The van der Waals surface area contributed by atoms with E-state index in [4.69, 9.17) is 5.73 Å². The lowest BCUT2D eigenvalue weighted by Crippen LogP contribution is -2.46. The minimum absolute atomic E-state index is 0.0152. The first kappa shape index (κ1) is 15.5. The molecule has 18 heavy (non-hydrogen) atoms. The molecule has 5 heteroatoms. The molecule has 0 aliphatic heterocycles. The Morgan fingerprint density at radius 2 is 2.00 bits per heavy atom. The SMILES string of the molecule is CC(Sc1ccc(Br)cc1)C(=O)NCC(C)(C)N. The van der Waals surface area contributed by atoms with E-state index in [1.807, 2.05) is 45.0 Å². The third-order valence-corrected chi connectivity index (χ3v) is 3.85. The fourth-order valence-corrected chi connectivity index (χ4v) is 2.39. The van der Waals surface area contributed by atoms with Crippen molar-refractivity contribution in [3.05, 3.63) is 28.7 Å². The molecule has 0 spiro atoms. The molecule has 3 N–H and O–H groups in total. The van der Waals surface area contributed by atoms with Gasteiger partial charge in [-0.2, -0.15) is 0 Å². The van der Waals surface area contributed by atoms with Crippen molar-refractivity contribution in [3.63, 3.8) is 0 Å². The summed E-state index contributed by atoms with van der Waals surface area (Å²) in [5.41, 5.74) is 5.45. The predicted molar refractivity (Wildman–Crippen MR) is 80.7 cm³/mol. The third-order valence-electron chi connectivity index (χ3n) is 2.21. The Labute approximate surface area is 121 Å². The second-order valence-electron chi connectivity index (χ2n) is 4.92. The Kier molecular flexibility index (Phi) is 5.69. The first-order valence-corrected chi connectivity index (χ1v) is 7.44. The van der Waals surface area contributed by atoms with E-state index in [0.717, 1.165) is 9.37 Å². The Morgan fingerprint density at radius 3 is 2.50 bits per heavy atom. The highest BCUT2D eigenvalue weighted by Gasteiger charge is 2.17. The van der Waals surface area contributed by atoms with E-state index in [1.165, 1.54) is 11.8 Å². The molecule has 1 amide bonds. The van der Waals surface area contributed by atoms with Crippen LogP contribution in [0.2, 0.25) is 0 Å². The molecule has 0 aromatic heterocycles. The van der Waals surface area contributed by atoms with Gasteiger partial charge in [-0.05, 0) is 45.0 Å². The number of nitrogens with two attached hydrogens (primary N) is 1. The largest absolute Gasteiger partial charge is 0.353 e. The second kappa shape index (κ2) is 6.59. The smallest absolute Gasteiger partial charge is 0.233 e. The summed E-state index contributed by atoms with van der Waals surface area (Å²) in [5, 5.41) is 2.73. The fourth-order valence-electron chi connectivity index (χ4n) is 1.23.